The molecule has 0 bridgehead atoms. The maximum atomic E-state index is 13.3. The summed E-state index contributed by atoms with van der Waals surface area (Å²) in [6, 6.07) is 13.6. The van der Waals surface area contributed by atoms with Crippen molar-refractivity contribution >= 4 is 27.3 Å². The highest BCUT2D eigenvalue weighted by atomic mass is 79.9. The number of alkyl halides is 4. The zero-order valence-electron chi connectivity index (χ0n) is 17.3. The van der Waals surface area contributed by atoms with Gasteiger partial charge in [-0.2, -0.15) is 18.4 Å². The molecule has 1 unspecified atom stereocenters. The van der Waals surface area contributed by atoms with Crippen molar-refractivity contribution in [3.63, 3.8) is 0 Å². The third-order valence-corrected chi connectivity index (χ3v) is 5.95. The Labute approximate surface area is 189 Å². The van der Waals surface area contributed by atoms with Crippen molar-refractivity contribution in [2.24, 2.45) is 0 Å². The second kappa shape index (κ2) is 10.3. The van der Waals surface area contributed by atoms with Crippen LogP contribution in [0.15, 0.2) is 42.5 Å². The molecule has 1 aliphatic rings. The van der Waals surface area contributed by atoms with E-state index in [4.69, 9.17) is 10.00 Å². The van der Waals surface area contributed by atoms with Crippen molar-refractivity contribution in [3.05, 3.63) is 53.6 Å². The summed E-state index contributed by atoms with van der Waals surface area (Å²) >= 11 is 3.41. The van der Waals surface area contributed by atoms with Crippen LogP contribution in [0.5, 0.6) is 5.75 Å². The Kier molecular flexibility index (Phi) is 7.71. The van der Waals surface area contributed by atoms with Gasteiger partial charge in [0.1, 0.15) is 5.75 Å². The topological polar surface area (TPSA) is 39.5 Å². The van der Waals surface area contributed by atoms with Crippen LogP contribution in [0, 0.1) is 11.3 Å². The van der Waals surface area contributed by atoms with E-state index in [1.165, 1.54) is 6.07 Å². The number of hydrogen-bond acceptors (Lipinski definition) is 4. The van der Waals surface area contributed by atoms with Gasteiger partial charge in [0.15, 0.2) is 0 Å². The van der Waals surface area contributed by atoms with Crippen molar-refractivity contribution in [3.8, 4) is 11.8 Å². The first-order valence-electron chi connectivity index (χ1n) is 10.2. The first-order valence-corrected chi connectivity index (χ1v) is 11.4. The molecule has 8 heteroatoms. The molecule has 0 saturated carbocycles. The molecule has 0 spiro atoms. The maximum absolute atomic E-state index is 13.3. The SMILES string of the molecule is CC1CN(c2ccc(C#N)c(C(F)(F)F)c2)CCN1c1ccc(OCCCCBr)cc1. The predicted octanol–water partition coefficient (Wildman–Crippen LogP) is 5.85. The minimum Gasteiger partial charge on any atom is -0.494 e. The molecule has 0 amide bonds. The number of rotatable bonds is 7. The molecule has 3 rings (SSSR count). The number of unbranched alkanes of at least 4 members (excludes halogenated alkanes) is 1. The summed E-state index contributed by atoms with van der Waals surface area (Å²) in [6.07, 6.45) is -2.48. The van der Waals surface area contributed by atoms with E-state index < -0.39 is 11.7 Å². The lowest BCUT2D eigenvalue weighted by Gasteiger charge is -2.42. The number of nitriles is 1. The number of piperazine rings is 1. The highest BCUT2D eigenvalue weighted by Gasteiger charge is 2.35. The van der Waals surface area contributed by atoms with Crippen LogP contribution in [0.2, 0.25) is 0 Å². The number of nitrogens with zero attached hydrogens (tertiary/aromatic N) is 3. The molecule has 0 aliphatic carbocycles. The Morgan fingerprint density at radius 2 is 1.81 bits per heavy atom. The Morgan fingerprint density at radius 1 is 1.10 bits per heavy atom. The quantitative estimate of drug-likeness (QED) is 0.357. The van der Waals surface area contributed by atoms with Crippen LogP contribution in [-0.2, 0) is 6.18 Å². The smallest absolute Gasteiger partial charge is 0.417 e. The van der Waals surface area contributed by atoms with E-state index in [-0.39, 0.29) is 11.6 Å². The van der Waals surface area contributed by atoms with Gasteiger partial charge >= 0.3 is 6.18 Å². The Bertz CT molecular complexity index is 912. The molecule has 1 saturated heterocycles. The van der Waals surface area contributed by atoms with Crippen molar-refractivity contribution in [2.45, 2.75) is 32.0 Å². The summed E-state index contributed by atoms with van der Waals surface area (Å²) in [7, 11) is 0. The minimum absolute atomic E-state index is 0.115. The molecular formula is C23H25BrF3N3O. The first-order chi connectivity index (χ1) is 14.8. The first kappa shape index (κ1) is 23.3. The average molecular weight is 496 g/mol. The predicted molar refractivity (Wildman–Crippen MR) is 120 cm³/mol. The minimum atomic E-state index is -4.55. The fourth-order valence-corrected chi connectivity index (χ4v) is 4.15. The summed E-state index contributed by atoms with van der Waals surface area (Å²) in [6.45, 7) is 4.62. The van der Waals surface area contributed by atoms with Crippen LogP contribution < -0.4 is 14.5 Å². The summed E-state index contributed by atoms with van der Waals surface area (Å²) in [4.78, 5) is 4.19. The van der Waals surface area contributed by atoms with Gasteiger partial charge in [0.25, 0.3) is 0 Å². The van der Waals surface area contributed by atoms with E-state index in [2.05, 4.69) is 27.8 Å². The van der Waals surface area contributed by atoms with E-state index in [1.807, 2.05) is 29.2 Å². The van der Waals surface area contributed by atoms with Crippen LogP contribution in [0.1, 0.15) is 30.9 Å². The highest BCUT2D eigenvalue weighted by molar-refractivity contribution is 9.09. The lowest BCUT2D eigenvalue weighted by atomic mass is 10.0. The van der Waals surface area contributed by atoms with E-state index >= 15 is 0 Å². The lowest BCUT2D eigenvalue weighted by molar-refractivity contribution is -0.137. The second-order valence-corrected chi connectivity index (χ2v) is 8.36. The average Bonchev–Trinajstić information content (AvgIpc) is 2.76. The molecule has 1 fully saturated rings. The van der Waals surface area contributed by atoms with Crippen LogP contribution >= 0.6 is 15.9 Å². The summed E-state index contributed by atoms with van der Waals surface area (Å²) < 4.78 is 45.7. The Morgan fingerprint density at radius 3 is 2.42 bits per heavy atom. The fraction of sp³-hybridized carbons (Fsp3) is 0.435. The van der Waals surface area contributed by atoms with Gasteiger partial charge in [-0.3, -0.25) is 0 Å². The number of hydrogen-bond donors (Lipinski definition) is 0. The molecule has 2 aromatic carbocycles. The molecule has 2 aromatic rings. The van der Waals surface area contributed by atoms with Crippen LogP contribution in [0.25, 0.3) is 0 Å². The van der Waals surface area contributed by atoms with Gasteiger partial charge in [0.2, 0.25) is 0 Å². The third kappa shape index (κ3) is 5.85. The summed E-state index contributed by atoms with van der Waals surface area (Å²) in [5, 5.41) is 9.97. The zero-order valence-corrected chi connectivity index (χ0v) is 18.9. The van der Waals surface area contributed by atoms with Gasteiger partial charge in [-0.25, -0.2) is 0 Å². The van der Waals surface area contributed by atoms with E-state index in [0.717, 1.165) is 35.7 Å². The molecule has 4 nitrogen and oxygen atoms in total. The molecule has 0 N–H and O–H groups in total. The number of halogens is 4. The number of benzene rings is 2. The van der Waals surface area contributed by atoms with Crippen LogP contribution in [0.4, 0.5) is 24.5 Å². The number of ether oxygens (including phenoxy) is 1. The van der Waals surface area contributed by atoms with Crippen LogP contribution in [0.3, 0.4) is 0 Å². The van der Waals surface area contributed by atoms with Gasteiger partial charge in [-0.05, 0) is 62.2 Å². The second-order valence-electron chi connectivity index (χ2n) is 7.57. The largest absolute Gasteiger partial charge is 0.494 e. The van der Waals surface area contributed by atoms with Gasteiger partial charge in [0.05, 0.1) is 23.8 Å². The molecule has 1 aliphatic heterocycles. The lowest BCUT2D eigenvalue weighted by Crippen LogP contribution is -2.52. The molecule has 0 radical (unpaired) electrons. The Hall–Kier alpha value is -2.40. The highest BCUT2D eigenvalue weighted by Crippen LogP contribution is 2.35. The standard InChI is InChI=1S/C23H25BrF3N3O/c1-17-16-29(20-5-4-18(15-28)22(14-20)23(25,26)27)11-12-30(17)19-6-8-21(9-7-19)31-13-3-2-10-24/h4-9,14,17H,2-3,10-13,16H2,1H3. The Balaban J connectivity index is 1.65. The van der Waals surface area contributed by atoms with E-state index in [0.29, 0.717) is 31.9 Å². The summed E-state index contributed by atoms with van der Waals surface area (Å²) in [5.74, 6) is 0.835. The van der Waals surface area contributed by atoms with Gasteiger partial charge in [-0.15, -0.1) is 0 Å². The summed E-state index contributed by atoms with van der Waals surface area (Å²) in [5.41, 5.74) is 0.326. The molecule has 0 aromatic heterocycles. The zero-order chi connectivity index (χ0) is 22.4. The van der Waals surface area contributed by atoms with Crippen molar-refractivity contribution < 1.29 is 17.9 Å². The van der Waals surface area contributed by atoms with Gasteiger partial charge < -0.3 is 14.5 Å². The molecular weight excluding hydrogens is 471 g/mol. The van der Waals surface area contributed by atoms with Crippen molar-refractivity contribution in [1.82, 2.24) is 0 Å². The molecule has 1 atom stereocenters. The van der Waals surface area contributed by atoms with E-state index in [9.17, 15) is 13.2 Å². The third-order valence-electron chi connectivity index (χ3n) is 5.39. The molecule has 1 heterocycles. The molecule has 31 heavy (non-hydrogen) atoms. The van der Waals surface area contributed by atoms with Crippen LogP contribution in [-0.4, -0.2) is 37.6 Å². The maximum Gasteiger partial charge on any atom is 0.417 e. The van der Waals surface area contributed by atoms with Crippen molar-refractivity contribution in [1.29, 1.82) is 5.26 Å². The normalized spacial score (nSPS) is 16.8. The monoisotopic (exact) mass is 495 g/mol. The van der Waals surface area contributed by atoms with Gasteiger partial charge in [0, 0.05) is 42.4 Å². The van der Waals surface area contributed by atoms with E-state index in [1.54, 1.807) is 12.1 Å². The number of anilines is 2. The van der Waals surface area contributed by atoms with Crippen molar-refractivity contribution in [2.75, 3.05) is 41.4 Å². The van der Waals surface area contributed by atoms with Gasteiger partial charge in [-0.1, -0.05) is 15.9 Å². The molecule has 166 valence electrons. The fourth-order valence-electron chi connectivity index (χ4n) is 3.76.